The van der Waals surface area contributed by atoms with E-state index in [0.717, 1.165) is 5.57 Å². The number of aliphatic hydroxyl groups excluding tert-OH is 7. The molecule has 3 saturated carbocycles. The number of carbonyl (C=O) groups excluding carboxylic acids is 2. The Kier molecular flexibility index (Phi) is 12.2. The first-order valence-corrected chi connectivity index (χ1v) is 19.1. The first-order chi connectivity index (χ1) is 26.3. The highest BCUT2D eigenvalue weighted by Crippen LogP contribution is 2.63. The Morgan fingerprint density at radius 2 is 1.79 bits per heavy atom. The monoisotopic (exact) mass is 796 g/mol. The van der Waals surface area contributed by atoms with Gasteiger partial charge in [0, 0.05) is 29.6 Å². The highest BCUT2D eigenvalue weighted by atomic mass is 16.7. The van der Waals surface area contributed by atoms with Crippen molar-refractivity contribution in [2.45, 2.75) is 125 Å². The van der Waals surface area contributed by atoms with Crippen molar-refractivity contribution in [3.8, 4) is 0 Å². The van der Waals surface area contributed by atoms with E-state index < -0.39 is 134 Å². The zero-order chi connectivity index (χ0) is 41.1. The Labute approximate surface area is 322 Å². The maximum Gasteiger partial charge on any atom is 0.364 e. The number of carbonyl (C=O) groups is 3. The third kappa shape index (κ3) is 7.25. The van der Waals surface area contributed by atoms with Gasteiger partial charge in [-0.25, -0.2) is 4.79 Å². The lowest BCUT2D eigenvalue weighted by atomic mass is 9.49. The zero-order valence-corrected chi connectivity index (χ0v) is 31.4. The molecule has 0 amide bonds. The third-order valence-electron chi connectivity index (χ3n) is 13.7. The van der Waals surface area contributed by atoms with Gasteiger partial charge in [0.1, 0.15) is 59.5 Å². The third-order valence-corrected chi connectivity index (χ3v) is 13.7. The van der Waals surface area contributed by atoms with Gasteiger partial charge < -0.3 is 64.9 Å². The van der Waals surface area contributed by atoms with Crippen molar-refractivity contribution in [2.75, 3.05) is 19.8 Å². The molecule has 4 aliphatic carbocycles. The molecule has 19 heteroatoms. The van der Waals surface area contributed by atoms with E-state index in [2.05, 4.69) is 10.0 Å². The fraction of sp³-hybridized carbons (Fsp3) is 0.811. The minimum atomic E-state index is -2.66. The number of fused-ring (bicyclic) bond motifs is 5. The summed E-state index contributed by atoms with van der Waals surface area (Å²) in [6, 6.07) is 0. The van der Waals surface area contributed by atoms with Gasteiger partial charge in [-0.3, -0.25) is 9.59 Å². The molecule has 6 aliphatic rings. The van der Waals surface area contributed by atoms with Crippen molar-refractivity contribution in [3.05, 3.63) is 23.8 Å². The molecule has 2 heterocycles. The number of rotatable bonds is 12. The second kappa shape index (κ2) is 16.1. The largest absolute Gasteiger partial charge is 0.477 e. The molecule has 56 heavy (non-hydrogen) atoms. The number of hydrogen-bond donors (Lipinski definition) is 10. The molecule has 2 aliphatic heterocycles. The van der Waals surface area contributed by atoms with Crippen molar-refractivity contribution < 1.29 is 79.3 Å². The average Bonchev–Trinajstić information content (AvgIpc) is 3.42. The van der Waals surface area contributed by atoms with E-state index in [1.165, 1.54) is 13.0 Å². The number of ether oxygens (including phenoxy) is 4. The van der Waals surface area contributed by atoms with Crippen LogP contribution in [-0.4, -0.2) is 156 Å². The highest BCUT2D eigenvalue weighted by Gasteiger charge is 2.65. The summed E-state index contributed by atoms with van der Waals surface area (Å²) in [4.78, 5) is 41.4. The first-order valence-electron chi connectivity index (χ1n) is 19.1. The smallest absolute Gasteiger partial charge is 0.364 e. The maximum atomic E-state index is 13.9. The summed E-state index contributed by atoms with van der Waals surface area (Å²) >= 11 is 0. The topological polar surface area (TPSA) is 321 Å². The van der Waals surface area contributed by atoms with Crippen LogP contribution in [0.1, 0.15) is 52.9 Å². The molecule has 0 spiro atoms. The van der Waals surface area contributed by atoms with Gasteiger partial charge in [-0.15, -0.1) is 0 Å². The first kappa shape index (κ1) is 42.7. The molecule has 0 aromatic carbocycles. The lowest BCUT2D eigenvalue weighted by Gasteiger charge is -2.56. The molecular weight excluding hydrogens is 742 g/mol. The van der Waals surface area contributed by atoms with E-state index in [4.69, 9.17) is 24.5 Å². The highest BCUT2D eigenvalue weighted by molar-refractivity contribution is 6.01. The normalized spacial score (nSPS) is 47.1. The van der Waals surface area contributed by atoms with Crippen LogP contribution in [0, 0.1) is 46.5 Å². The standard InChI is InChI=1S/C37H53N3O16/c1-15-8-20-19-5-4-17-9-18(41)6-7-35(17,3)27(19)22(42)10-21(20)37(15,52)26(45)14-53-33-31(49)30(48)29(47)25(55-33)13-54-36(34(50)51)11-23(43)16(2)32(56-36)28(46)24(44)12-39-40-38/h6-7,9,15-16,19-25,27-33,38,42-44,46-49,52H,4-5,8,10-14H2,1-3H3/p+1/t15?,16-,19?,20?,21?,22?,23?,24?,25?,27?,28?,29?,30+,31?,32-,33+,35?,36+,37?/m0/s1. The SMILES string of the molecule is CC1CC2C3CCC4=CC(=O)C=CC4(C)C3C(O)CC2C1(O)C(=O)CO[C@@H]1OC(CO[C@]2(C(=O)O)CC(O)[C@H](C)[C@@H](C(O)C(O)CN=[N+]=N)O2)C(O)[C@@H](O)C1O. The van der Waals surface area contributed by atoms with E-state index in [1.54, 1.807) is 13.0 Å². The van der Waals surface area contributed by atoms with E-state index in [0.29, 0.717) is 19.3 Å². The van der Waals surface area contributed by atoms with Crippen LogP contribution in [0.5, 0.6) is 0 Å². The second-order valence-electron chi connectivity index (χ2n) is 16.8. The molecule has 19 atom stereocenters. The van der Waals surface area contributed by atoms with E-state index in [-0.39, 0.29) is 30.0 Å². The van der Waals surface area contributed by atoms with Gasteiger partial charge in [-0.05, 0) is 55.6 Å². The number of nitrogens with zero attached hydrogens (tertiary/aromatic N) is 2. The van der Waals surface area contributed by atoms with Crippen LogP contribution in [-0.2, 0) is 33.3 Å². The van der Waals surface area contributed by atoms with Gasteiger partial charge in [-0.2, -0.15) is 0 Å². The Balaban J connectivity index is 1.13. The number of hydrogen-bond acceptors (Lipinski definition) is 17. The fourth-order valence-corrected chi connectivity index (χ4v) is 10.5. The molecule has 10 N–H and O–H groups in total. The van der Waals surface area contributed by atoms with Crippen LogP contribution >= 0.6 is 0 Å². The Hall–Kier alpha value is -2.88. The molecule has 5 fully saturated rings. The van der Waals surface area contributed by atoms with E-state index in [9.17, 15) is 60.3 Å². The molecule has 312 valence electrons. The van der Waals surface area contributed by atoms with Crippen LogP contribution in [0.15, 0.2) is 28.9 Å². The summed E-state index contributed by atoms with van der Waals surface area (Å²) in [5, 5.41) is 101. The molecule has 19 nitrogen and oxygen atoms in total. The molecule has 6 rings (SSSR count). The van der Waals surface area contributed by atoms with Crippen LogP contribution in [0.4, 0.5) is 0 Å². The number of Topliss-reactive ketones (excluding diaryl/α,β-unsaturated/α-hetero) is 1. The number of aliphatic carboxylic acids is 1. The Morgan fingerprint density at radius 1 is 1.07 bits per heavy atom. The van der Waals surface area contributed by atoms with Crippen LogP contribution in [0.25, 0.3) is 0 Å². The average molecular weight is 797 g/mol. The fourth-order valence-electron chi connectivity index (χ4n) is 10.5. The summed E-state index contributed by atoms with van der Waals surface area (Å²) in [6.45, 7) is 3.05. The number of nitrogens with one attached hydrogen (secondary N) is 1. The minimum Gasteiger partial charge on any atom is -0.477 e. The maximum absolute atomic E-state index is 13.9. The quantitative estimate of drug-likeness (QED) is 0.0762. The van der Waals surface area contributed by atoms with E-state index >= 15 is 0 Å². The van der Waals surface area contributed by atoms with Crippen molar-refractivity contribution in [3.63, 3.8) is 0 Å². The van der Waals surface area contributed by atoms with Gasteiger partial charge in [0.15, 0.2) is 24.4 Å². The second-order valence-corrected chi connectivity index (χ2v) is 16.8. The number of ketones is 2. The molecule has 14 unspecified atom stereocenters. The minimum absolute atomic E-state index is 0.0369. The van der Waals surface area contributed by atoms with Crippen molar-refractivity contribution in [2.24, 2.45) is 46.0 Å². The molecule has 0 aromatic rings. The Morgan fingerprint density at radius 3 is 2.46 bits per heavy atom. The van der Waals surface area contributed by atoms with Crippen molar-refractivity contribution >= 4 is 17.5 Å². The summed E-state index contributed by atoms with van der Waals surface area (Å²) in [5.74, 6) is -7.68. The van der Waals surface area contributed by atoms with Crippen LogP contribution < -0.4 is 4.91 Å². The van der Waals surface area contributed by atoms with Gasteiger partial charge in [0.2, 0.25) is 4.91 Å². The van der Waals surface area contributed by atoms with Gasteiger partial charge in [0.05, 0.1) is 24.9 Å². The van der Waals surface area contributed by atoms with E-state index in [1.807, 2.05) is 13.0 Å². The predicted molar refractivity (Wildman–Crippen MR) is 186 cm³/mol. The Bertz CT molecular complexity index is 1640. The summed E-state index contributed by atoms with van der Waals surface area (Å²) < 4.78 is 22.6. The molecule has 0 radical (unpaired) electrons. The summed E-state index contributed by atoms with van der Waals surface area (Å²) in [7, 11) is 0. The number of aliphatic hydroxyl groups is 8. The number of carboxylic acid groups (broad SMARTS) is 1. The lowest BCUT2D eigenvalue weighted by molar-refractivity contribution is -0.341. The van der Waals surface area contributed by atoms with Crippen LogP contribution in [0.2, 0.25) is 0 Å². The number of allylic oxidation sites excluding steroid dienone is 4. The molecule has 0 bridgehead atoms. The zero-order valence-electron chi connectivity index (χ0n) is 31.4. The van der Waals surface area contributed by atoms with Gasteiger partial charge in [-0.1, -0.05) is 32.4 Å². The van der Waals surface area contributed by atoms with Gasteiger partial charge >= 0.3 is 5.97 Å². The van der Waals surface area contributed by atoms with Gasteiger partial charge in [0.25, 0.3) is 5.79 Å². The lowest BCUT2D eigenvalue weighted by Crippen LogP contribution is -2.63. The van der Waals surface area contributed by atoms with Crippen molar-refractivity contribution in [1.82, 2.24) is 4.91 Å². The molecule has 0 aromatic heterocycles. The summed E-state index contributed by atoms with van der Waals surface area (Å²) in [5.41, 5.74) is 5.27. The van der Waals surface area contributed by atoms with Crippen molar-refractivity contribution in [1.29, 1.82) is 5.53 Å². The molecule has 2 saturated heterocycles. The van der Waals surface area contributed by atoms with Crippen LogP contribution in [0.3, 0.4) is 0 Å². The summed E-state index contributed by atoms with van der Waals surface area (Å²) in [6.07, 6.45) is -10.1. The molecular formula is C37H54N3O16+. The predicted octanol–water partition coefficient (Wildman–Crippen LogP) is -1.90. The number of carboxylic acids is 1.